The number of methoxy groups -OCH3 is 1. The molecule has 0 fully saturated rings. The van der Waals surface area contributed by atoms with Gasteiger partial charge in [-0.05, 0) is 29.8 Å². The van der Waals surface area contributed by atoms with E-state index in [0.717, 1.165) is 33.5 Å². The number of amides is 1. The largest absolute Gasteiger partial charge is 0.496 e. The summed E-state index contributed by atoms with van der Waals surface area (Å²) in [6.45, 7) is 0. The van der Waals surface area contributed by atoms with Crippen molar-refractivity contribution in [2.45, 2.75) is 6.42 Å². The molecule has 0 spiro atoms. The molecule has 0 unspecified atom stereocenters. The maximum Gasteiger partial charge on any atom is 0.230 e. The molecule has 3 heterocycles. The second-order valence-electron chi connectivity index (χ2n) is 5.83. The van der Waals surface area contributed by atoms with Crippen LogP contribution < -0.4 is 10.1 Å². The first-order valence-electron chi connectivity index (χ1n) is 8.13. The number of aromatic amines is 2. The fraction of sp³-hybridized carbons (Fsp3) is 0.105. The maximum atomic E-state index is 12.4. The van der Waals surface area contributed by atoms with Crippen LogP contribution in [0, 0.1) is 0 Å². The highest BCUT2D eigenvalue weighted by atomic mass is 16.5. The minimum absolute atomic E-state index is 0.152. The molecule has 0 aliphatic rings. The number of aromatic nitrogens is 4. The summed E-state index contributed by atoms with van der Waals surface area (Å²) in [5, 5.41) is 10.8. The number of fused-ring (bicyclic) bond motifs is 1. The van der Waals surface area contributed by atoms with E-state index < -0.39 is 0 Å². The van der Waals surface area contributed by atoms with Crippen LogP contribution in [0.5, 0.6) is 5.75 Å². The Balaban J connectivity index is 1.51. The molecule has 0 saturated carbocycles. The molecule has 0 atom stereocenters. The molecule has 130 valence electrons. The van der Waals surface area contributed by atoms with E-state index in [-0.39, 0.29) is 12.3 Å². The van der Waals surface area contributed by atoms with Gasteiger partial charge in [-0.1, -0.05) is 6.07 Å². The van der Waals surface area contributed by atoms with Crippen LogP contribution in [0.3, 0.4) is 0 Å². The second kappa shape index (κ2) is 6.72. The van der Waals surface area contributed by atoms with Gasteiger partial charge >= 0.3 is 0 Å². The van der Waals surface area contributed by atoms with Crippen molar-refractivity contribution in [1.82, 2.24) is 20.2 Å². The third kappa shape index (κ3) is 3.02. The van der Waals surface area contributed by atoms with E-state index in [9.17, 15) is 4.79 Å². The summed E-state index contributed by atoms with van der Waals surface area (Å²) in [4.78, 5) is 19.7. The lowest BCUT2D eigenvalue weighted by molar-refractivity contribution is -0.115. The number of carbonyl (C=O) groups is 1. The van der Waals surface area contributed by atoms with Crippen LogP contribution in [-0.4, -0.2) is 33.2 Å². The summed E-state index contributed by atoms with van der Waals surface area (Å²) >= 11 is 0. The molecule has 0 saturated heterocycles. The Morgan fingerprint density at radius 2 is 2.19 bits per heavy atom. The zero-order valence-corrected chi connectivity index (χ0v) is 14.1. The molecular formula is C19H17N5O2. The van der Waals surface area contributed by atoms with Crippen molar-refractivity contribution in [3.8, 4) is 17.0 Å². The van der Waals surface area contributed by atoms with Gasteiger partial charge in [-0.2, -0.15) is 5.10 Å². The maximum absolute atomic E-state index is 12.4. The Morgan fingerprint density at radius 3 is 3.00 bits per heavy atom. The van der Waals surface area contributed by atoms with Crippen molar-refractivity contribution in [3.63, 3.8) is 0 Å². The van der Waals surface area contributed by atoms with Crippen molar-refractivity contribution in [1.29, 1.82) is 0 Å². The van der Waals surface area contributed by atoms with Crippen LogP contribution in [0.2, 0.25) is 0 Å². The first-order chi connectivity index (χ1) is 12.7. The van der Waals surface area contributed by atoms with Gasteiger partial charge in [-0.25, -0.2) is 0 Å². The van der Waals surface area contributed by atoms with Gasteiger partial charge in [0.1, 0.15) is 5.75 Å². The minimum Gasteiger partial charge on any atom is -0.496 e. The molecule has 0 bridgehead atoms. The SMILES string of the molecule is COc1cccc2[nH]cc(CC(=O)Nc3cc(-c4cccnc4)[nH]n3)c12. The fourth-order valence-corrected chi connectivity index (χ4v) is 2.94. The lowest BCUT2D eigenvalue weighted by atomic mass is 10.1. The van der Waals surface area contributed by atoms with Gasteiger partial charge in [0.15, 0.2) is 5.82 Å². The molecule has 26 heavy (non-hydrogen) atoms. The van der Waals surface area contributed by atoms with Crippen LogP contribution in [0.4, 0.5) is 5.82 Å². The highest BCUT2D eigenvalue weighted by molar-refractivity contribution is 5.97. The Hall–Kier alpha value is -3.61. The fourth-order valence-electron chi connectivity index (χ4n) is 2.94. The summed E-state index contributed by atoms with van der Waals surface area (Å²) in [7, 11) is 1.62. The van der Waals surface area contributed by atoms with Crippen LogP contribution in [0.1, 0.15) is 5.56 Å². The van der Waals surface area contributed by atoms with E-state index >= 15 is 0 Å². The molecule has 3 N–H and O–H groups in total. The summed E-state index contributed by atoms with van der Waals surface area (Å²) in [5.41, 5.74) is 3.51. The molecule has 0 aliphatic carbocycles. The molecule has 1 aromatic carbocycles. The quantitative estimate of drug-likeness (QED) is 0.517. The first kappa shape index (κ1) is 15.9. The van der Waals surface area contributed by atoms with Gasteiger partial charge in [0.05, 0.1) is 19.2 Å². The average molecular weight is 347 g/mol. The molecule has 0 radical (unpaired) electrons. The highest BCUT2D eigenvalue weighted by Crippen LogP contribution is 2.29. The number of carbonyl (C=O) groups excluding carboxylic acids is 1. The molecule has 7 heteroatoms. The predicted octanol–water partition coefficient (Wildman–Crippen LogP) is 3.14. The summed E-state index contributed by atoms with van der Waals surface area (Å²) in [6.07, 6.45) is 5.49. The zero-order chi connectivity index (χ0) is 17.9. The topological polar surface area (TPSA) is 95.7 Å². The van der Waals surface area contributed by atoms with E-state index in [4.69, 9.17) is 4.74 Å². The number of H-pyrrole nitrogens is 2. The standard InChI is InChI=1S/C19H17N5O2/c1-26-16-6-2-5-14-19(16)13(11-21-14)8-18(25)22-17-9-15(23-24-17)12-4-3-7-20-10-12/h2-7,9-11,21H,8H2,1H3,(H2,22,23,24,25). The molecule has 3 aromatic heterocycles. The van der Waals surface area contributed by atoms with Crippen LogP contribution in [-0.2, 0) is 11.2 Å². The van der Waals surface area contributed by atoms with Gasteiger partial charge in [-0.15, -0.1) is 0 Å². The van der Waals surface area contributed by atoms with E-state index in [1.165, 1.54) is 0 Å². The Labute approximate surface area is 149 Å². The highest BCUT2D eigenvalue weighted by Gasteiger charge is 2.14. The van der Waals surface area contributed by atoms with Crippen LogP contribution >= 0.6 is 0 Å². The second-order valence-corrected chi connectivity index (χ2v) is 5.83. The van der Waals surface area contributed by atoms with Crippen molar-refractivity contribution in [2.24, 2.45) is 0 Å². The lowest BCUT2D eigenvalue weighted by Crippen LogP contribution is -2.14. The number of pyridine rings is 1. The number of anilines is 1. The molecular weight excluding hydrogens is 330 g/mol. The normalized spacial score (nSPS) is 10.8. The number of nitrogens with one attached hydrogen (secondary N) is 3. The van der Waals surface area contributed by atoms with Gasteiger partial charge in [0.25, 0.3) is 0 Å². The summed E-state index contributed by atoms with van der Waals surface area (Å²) in [6, 6.07) is 11.3. The van der Waals surface area contributed by atoms with E-state index in [1.54, 1.807) is 25.6 Å². The van der Waals surface area contributed by atoms with E-state index in [2.05, 4.69) is 25.5 Å². The number of hydrogen-bond donors (Lipinski definition) is 3. The summed E-state index contributed by atoms with van der Waals surface area (Å²) < 4.78 is 5.40. The lowest BCUT2D eigenvalue weighted by Gasteiger charge is -2.05. The number of benzene rings is 1. The molecule has 0 aliphatic heterocycles. The van der Waals surface area contributed by atoms with E-state index in [1.807, 2.05) is 36.5 Å². The van der Waals surface area contributed by atoms with Crippen molar-refractivity contribution >= 4 is 22.6 Å². The molecule has 4 aromatic rings. The van der Waals surface area contributed by atoms with Crippen LogP contribution in [0.15, 0.2) is 55.0 Å². The Bertz CT molecular complexity index is 1050. The Kier molecular flexibility index (Phi) is 4.10. The summed E-state index contributed by atoms with van der Waals surface area (Å²) in [5.74, 6) is 1.06. The zero-order valence-electron chi connectivity index (χ0n) is 14.1. The average Bonchev–Trinajstić information content (AvgIpc) is 3.30. The van der Waals surface area contributed by atoms with Crippen LogP contribution in [0.25, 0.3) is 22.2 Å². The van der Waals surface area contributed by atoms with Crippen molar-refractivity contribution in [2.75, 3.05) is 12.4 Å². The van der Waals surface area contributed by atoms with Gasteiger partial charge in [0.2, 0.25) is 5.91 Å². The molecule has 7 nitrogen and oxygen atoms in total. The Morgan fingerprint density at radius 1 is 1.27 bits per heavy atom. The van der Waals surface area contributed by atoms with Crippen molar-refractivity contribution < 1.29 is 9.53 Å². The molecule has 4 rings (SSSR count). The van der Waals surface area contributed by atoms with Crippen molar-refractivity contribution in [3.05, 3.63) is 60.6 Å². The van der Waals surface area contributed by atoms with Gasteiger partial charge in [-0.3, -0.25) is 14.9 Å². The number of rotatable bonds is 5. The first-order valence-corrected chi connectivity index (χ1v) is 8.13. The smallest absolute Gasteiger partial charge is 0.230 e. The number of ether oxygens (including phenoxy) is 1. The van der Waals surface area contributed by atoms with Gasteiger partial charge < -0.3 is 15.0 Å². The monoisotopic (exact) mass is 347 g/mol. The number of nitrogens with zero attached hydrogens (tertiary/aromatic N) is 2. The minimum atomic E-state index is -0.152. The van der Waals surface area contributed by atoms with E-state index in [0.29, 0.717) is 5.82 Å². The third-order valence-corrected chi connectivity index (χ3v) is 4.14. The van der Waals surface area contributed by atoms with Gasteiger partial charge in [0, 0.05) is 41.1 Å². The predicted molar refractivity (Wildman–Crippen MR) is 99.0 cm³/mol. The molecule has 1 amide bonds. The number of hydrogen-bond acceptors (Lipinski definition) is 4. The third-order valence-electron chi connectivity index (χ3n) is 4.14.